The molecule has 1 atom stereocenters. The van der Waals surface area contributed by atoms with Gasteiger partial charge < -0.3 is 10.1 Å². The number of fused-ring (bicyclic) bond motifs is 1. The fourth-order valence-corrected chi connectivity index (χ4v) is 2.49. The normalized spacial score (nSPS) is 13.5. The highest BCUT2D eigenvalue weighted by Crippen LogP contribution is 2.25. The molecule has 19 heavy (non-hydrogen) atoms. The van der Waals surface area contributed by atoms with E-state index >= 15 is 0 Å². The second kappa shape index (κ2) is 5.62. The number of ether oxygens (including phenoxy) is 1. The van der Waals surface area contributed by atoms with Gasteiger partial charge in [-0.1, -0.05) is 36.4 Å². The van der Waals surface area contributed by atoms with Crippen LogP contribution in [-0.2, 0) is 4.74 Å². The van der Waals surface area contributed by atoms with E-state index in [0.29, 0.717) is 6.04 Å². The van der Waals surface area contributed by atoms with Crippen molar-refractivity contribution in [3.8, 4) is 0 Å². The van der Waals surface area contributed by atoms with Crippen LogP contribution >= 0.6 is 0 Å². The van der Waals surface area contributed by atoms with Crippen molar-refractivity contribution in [2.24, 2.45) is 0 Å². The molecule has 2 rings (SSSR count). The molecule has 1 unspecified atom stereocenters. The molecule has 0 saturated carbocycles. The molecule has 0 amide bonds. The van der Waals surface area contributed by atoms with Gasteiger partial charge in [-0.05, 0) is 38.6 Å². The van der Waals surface area contributed by atoms with Crippen molar-refractivity contribution in [1.29, 1.82) is 0 Å². The van der Waals surface area contributed by atoms with Crippen molar-refractivity contribution >= 4 is 16.5 Å². The molecular weight excluding hydrogens is 234 g/mol. The van der Waals surface area contributed by atoms with E-state index in [1.54, 1.807) is 7.11 Å². The second-order valence-corrected chi connectivity index (χ2v) is 5.74. The maximum absolute atomic E-state index is 5.49. The minimum absolute atomic E-state index is 0.100. The first-order valence-corrected chi connectivity index (χ1v) is 6.81. The van der Waals surface area contributed by atoms with Crippen LogP contribution in [0, 0.1) is 0 Å². The zero-order chi connectivity index (χ0) is 13.9. The van der Waals surface area contributed by atoms with Gasteiger partial charge in [-0.2, -0.15) is 0 Å². The lowest BCUT2D eigenvalue weighted by Gasteiger charge is -2.28. The van der Waals surface area contributed by atoms with Crippen LogP contribution in [0.5, 0.6) is 0 Å². The minimum Gasteiger partial charge on any atom is -0.382 e. The number of methoxy groups -OCH3 is 1. The Bertz CT molecular complexity index is 542. The standard InChI is InChI=1S/C17H23NO/c1-13(12-17(2,3)19-4)18-16-11-7-9-14-8-5-6-10-15(14)16/h5-11,13,18H,12H2,1-4H3. The predicted octanol–water partition coefficient (Wildman–Crippen LogP) is 4.46. The minimum atomic E-state index is -0.100. The van der Waals surface area contributed by atoms with Crippen LogP contribution in [0.15, 0.2) is 42.5 Å². The SMILES string of the molecule is COC(C)(C)CC(C)Nc1cccc2ccccc12. The maximum atomic E-state index is 5.49. The lowest BCUT2D eigenvalue weighted by molar-refractivity contribution is 0.0128. The van der Waals surface area contributed by atoms with E-state index in [-0.39, 0.29) is 5.60 Å². The molecule has 2 nitrogen and oxygen atoms in total. The molecule has 0 saturated heterocycles. The summed E-state index contributed by atoms with van der Waals surface area (Å²) in [5.74, 6) is 0. The number of anilines is 1. The zero-order valence-corrected chi connectivity index (χ0v) is 12.2. The first-order valence-electron chi connectivity index (χ1n) is 6.81. The summed E-state index contributed by atoms with van der Waals surface area (Å²) in [5, 5.41) is 6.13. The van der Waals surface area contributed by atoms with E-state index in [0.717, 1.165) is 6.42 Å². The highest BCUT2D eigenvalue weighted by Gasteiger charge is 2.20. The number of rotatable bonds is 5. The molecule has 0 aliphatic carbocycles. The van der Waals surface area contributed by atoms with Gasteiger partial charge in [0.05, 0.1) is 5.60 Å². The first kappa shape index (κ1) is 13.9. The maximum Gasteiger partial charge on any atom is 0.0642 e. The summed E-state index contributed by atoms with van der Waals surface area (Å²) < 4.78 is 5.49. The molecule has 102 valence electrons. The number of hydrogen-bond acceptors (Lipinski definition) is 2. The Morgan fingerprint density at radius 2 is 1.79 bits per heavy atom. The lowest BCUT2D eigenvalue weighted by atomic mass is 9.99. The van der Waals surface area contributed by atoms with Gasteiger partial charge in [0.25, 0.3) is 0 Å². The van der Waals surface area contributed by atoms with Crippen molar-refractivity contribution in [3.05, 3.63) is 42.5 Å². The van der Waals surface area contributed by atoms with Gasteiger partial charge in [0.15, 0.2) is 0 Å². The van der Waals surface area contributed by atoms with Crippen LogP contribution in [0.2, 0.25) is 0 Å². The summed E-state index contributed by atoms with van der Waals surface area (Å²) in [5.41, 5.74) is 1.09. The molecule has 0 heterocycles. The molecule has 0 aliphatic heterocycles. The van der Waals surface area contributed by atoms with E-state index in [2.05, 4.69) is 68.6 Å². The molecular formula is C17H23NO. The van der Waals surface area contributed by atoms with E-state index in [1.807, 2.05) is 0 Å². The molecule has 0 bridgehead atoms. The summed E-state index contributed by atoms with van der Waals surface area (Å²) in [7, 11) is 1.77. The lowest BCUT2D eigenvalue weighted by Crippen LogP contribution is -2.31. The zero-order valence-electron chi connectivity index (χ0n) is 12.2. The highest BCUT2D eigenvalue weighted by atomic mass is 16.5. The fourth-order valence-electron chi connectivity index (χ4n) is 2.49. The van der Waals surface area contributed by atoms with Gasteiger partial charge in [-0.25, -0.2) is 0 Å². The smallest absolute Gasteiger partial charge is 0.0642 e. The molecule has 2 aromatic carbocycles. The van der Waals surface area contributed by atoms with E-state index in [1.165, 1.54) is 16.5 Å². The molecule has 0 fully saturated rings. The van der Waals surface area contributed by atoms with E-state index in [9.17, 15) is 0 Å². The third-order valence-electron chi connectivity index (χ3n) is 3.54. The van der Waals surface area contributed by atoms with Crippen LogP contribution in [0.4, 0.5) is 5.69 Å². The third-order valence-corrected chi connectivity index (χ3v) is 3.54. The monoisotopic (exact) mass is 257 g/mol. The Hall–Kier alpha value is -1.54. The van der Waals surface area contributed by atoms with Gasteiger partial charge in [0, 0.05) is 24.2 Å². The van der Waals surface area contributed by atoms with Crippen LogP contribution in [0.1, 0.15) is 27.2 Å². The predicted molar refractivity (Wildman–Crippen MR) is 82.7 cm³/mol. The molecule has 0 spiro atoms. The number of nitrogens with one attached hydrogen (secondary N) is 1. The Kier molecular flexibility index (Phi) is 4.11. The molecule has 1 N–H and O–H groups in total. The van der Waals surface area contributed by atoms with Gasteiger partial charge in [-0.15, -0.1) is 0 Å². The van der Waals surface area contributed by atoms with Crippen molar-refractivity contribution in [1.82, 2.24) is 0 Å². The van der Waals surface area contributed by atoms with Crippen molar-refractivity contribution in [2.75, 3.05) is 12.4 Å². The van der Waals surface area contributed by atoms with E-state index in [4.69, 9.17) is 4.74 Å². The first-order chi connectivity index (χ1) is 9.02. The Morgan fingerprint density at radius 1 is 1.11 bits per heavy atom. The highest BCUT2D eigenvalue weighted by molar-refractivity contribution is 5.93. The average Bonchev–Trinajstić information content (AvgIpc) is 2.38. The summed E-state index contributed by atoms with van der Waals surface area (Å²) in [6, 6.07) is 15.2. The number of benzene rings is 2. The quantitative estimate of drug-likeness (QED) is 0.854. The largest absolute Gasteiger partial charge is 0.382 e. The van der Waals surface area contributed by atoms with Gasteiger partial charge in [0.2, 0.25) is 0 Å². The molecule has 0 radical (unpaired) electrons. The van der Waals surface area contributed by atoms with E-state index < -0.39 is 0 Å². The molecule has 0 aromatic heterocycles. The second-order valence-electron chi connectivity index (χ2n) is 5.74. The van der Waals surface area contributed by atoms with Gasteiger partial charge in [0.1, 0.15) is 0 Å². The third kappa shape index (κ3) is 3.48. The average molecular weight is 257 g/mol. The van der Waals surface area contributed by atoms with Crippen LogP contribution < -0.4 is 5.32 Å². The topological polar surface area (TPSA) is 21.3 Å². The summed E-state index contributed by atoms with van der Waals surface area (Å²) >= 11 is 0. The van der Waals surface area contributed by atoms with Crippen molar-refractivity contribution < 1.29 is 4.74 Å². The Labute approximate surface area is 115 Å². The van der Waals surface area contributed by atoms with Crippen molar-refractivity contribution in [3.63, 3.8) is 0 Å². The summed E-state index contributed by atoms with van der Waals surface area (Å²) in [4.78, 5) is 0. The van der Waals surface area contributed by atoms with Crippen LogP contribution in [-0.4, -0.2) is 18.8 Å². The summed E-state index contributed by atoms with van der Waals surface area (Å²) in [6.07, 6.45) is 0.965. The van der Waals surface area contributed by atoms with Crippen LogP contribution in [0.25, 0.3) is 10.8 Å². The molecule has 0 aliphatic rings. The number of hydrogen-bond donors (Lipinski definition) is 1. The molecule has 2 heteroatoms. The van der Waals surface area contributed by atoms with Gasteiger partial charge >= 0.3 is 0 Å². The molecule has 2 aromatic rings. The Balaban J connectivity index is 2.17. The Morgan fingerprint density at radius 3 is 2.53 bits per heavy atom. The summed E-state index contributed by atoms with van der Waals surface area (Å²) in [6.45, 7) is 6.44. The van der Waals surface area contributed by atoms with Gasteiger partial charge in [-0.3, -0.25) is 0 Å². The van der Waals surface area contributed by atoms with Crippen molar-refractivity contribution in [2.45, 2.75) is 38.8 Å². The van der Waals surface area contributed by atoms with Crippen LogP contribution in [0.3, 0.4) is 0 Å². The fraction of sp³-hybridized carbons (Fsp3) is 0.412.